The number of furan rings is 1. The Kier molecular flexibility index (Phi) is 4.22. The first-order chi connectivity index (χ1) is 11.1. The molecule has 8 nitrogen and oxygen atoms in total. The molecule has 0 unspecified atom stereocenters. The molecule has 3 heterocycles. The first-order valence-electron chi connectivity index (χ1n) is 7.39. The molecule has 0 aromatic carbocycles. The molecule has 2 N–H and O–H groups in total. The molecule has 2 aromatic heterocycles. The molecule has 2 aromatic rings. The van der Waals surface area contributed by atoms with E-state index in [2.05, 4.69) is 20.7 Å². The van der Waals surface area contributed by atoms with Crippen LogP contribution in [0.15, 0.2) is 22.6 Å². The number of rotatable bonds is 4. The van der Waals surface area contributed by atoms with Gasteiger partial charge in [-0.2, -0.15) is 5.21 Å². The Bertz CT molecular complexity index is 740. The lowest BCUT2D eigenvalue weighted by molar-refractivity contribution is -0.111. The van der Waals surface area contributed by atoms with E-state index in [-0.39, 0.29) is 17.4 Å². The Labute approximate surface area is 132 Å². The molecule has 0 spiro atoms. The number of aromatic nitrogens is 3. The van der Waals surface area contributed by atoms with Crippen LogP contribution in [0.5, 0.6) is 0 Å². The average molecular weight is 315 g/mol. The molecule has 23 heavy (non-hydrogen) atoms. The van der Waals surface area contributed by atoms with Crippen LogP contribution >= 0.6 is 0 Å². The van der Waals surface area contributed by atoms with Crippen molar-refractivity contribution in [2.75, 3.05) is 18.4 Å². The summed E-state index contributed by atoms with van der Waals surface area (Å²) in [5, 5.41) is 12.6. The van der Waals surface area contributed by atoms with E-state index in [1.807, 2.05) is 13.0 Å². The monoisotopic (exact) mass is 315 g/mol. The number of nitrogens with zero attached hydrogens (tertiary/aromatic N) is 3. The van der Waals surface area contributed by atoms with Gasteiger partial charge in [0.05, 0.1) is 0 Å². The number of likely N-dealkylation sites (tertiary alicyclic amines) is 1. The Hall–Kier alpha value is -2.90. The maximum absolute atomic E-state index is 12.3. The van der Waals surface area contributed by atoms with Crippen molar-refractivity contribution in [2.45, 2.75) is 19.8 Å². The van der Waals surface area contributed by atoms with Gasteiger partial charge in [0.2, 0.25) is 5.91 Å². The number of H-pyrrole nitrogens is 1. The van der Waals surface area contributed by atoms with E-state index in [9.17, 15) is 9.59 Å². The number of carbonyl (C=O) groups excluding carboxylic acids is 2. The smallest absolute Gasteiger partial charge is 0.278 e. The lowest BCUT2D eigenvalue weighted by atomic mass is 10.3. The SMILES string of the molecule is Cc1ccc(/C=C/C(=O)Nc2n[nH]nc2C(=O)N2CCCC2)o1. The van der Waals surface area contributed by atoms with Crippen LogP contribution in [0, 0.1) is 6.92 Å². The van der Waals surface area contributed by atoms with Gasteiger partial charge in [0.25, 0.3) is 5.91 Å². The molecule has 3 rings (SSSR count). The molecular formula is C15H17N5O3. The fraction of sp³-hybridized carbons (Fsp3) is 0.333. The molecule has 0 atom stereocenters. The van der Waals surface area contributed by atoms with Gasteiger partial charge >= 0.3 is 0 Å². The fourth-order valence-corrected chi connectivity index (χ4v) is 2.40. The molecule has 120 valence electrons. The topological polar surface area (TPSA) is 104 Å². The molecule has 0 saturated carbocycles. The first-order valence-corrected chi connectivity index (χ1v) is 7.39. The zero-order valence-corrected chi connectivity index (χ0v) is 12.7. The number of carbonyl (C=O) groups is 2. The summed E-state index contributed by atoms with van der Waals surface area (Å²) in [6, 6.07) is 3.57. The Balaban J connectivity index is 1.66. The van der Waals surface area contributed by atoms with Gasteiger partial charge in [-0.1, -0.05) is 0 Å². The van der Waals surface area contributed by atoms with E-state index in [1.54, 1.807) is 17.0 Å². The lowest BCUT2D eigenvalue weighted by Crippen LogP contribution is -2.29. The highest BCUT2D eigenvalue weighted by Gasteiger charge is 2.25. The predicted molar refractivity (Wildman–Crippen MR) is 82.6 cm³/mol. The van der Waals surface area contributed by atoms with Gasteiger partial charge in [0, 0.05) is 19.2 Å². The van der Waals surface area contributed by atoms with Gasteiger partial charge in [-0.05, 0) is 38.0 Å². The second kappa shape index (κ2) is 6.47. The molecule has 8 heteroatoms. The largest absolute Gasteiger partial charge is 0.462 e. The summed E-state index contributed by atoms with van der Waals surface area (Å²) in [6.45, 7) is 3.23. The van der Waals surface area contributed by atoms with Crippen molar-refractivity contribution in [3.8, 4) is 0 Å². The third-order valence-corrected chi connectivity index (χ3v) is 3.55. The molecule has 2 amide bonds. The maximum Gasteiger partial charge on any atom is 0.278 e. The molecule has 1 saturated heterocycles. The van der Waals surface area contributed by atoms with Crippen molar-refractivity contribution in [1.29, 1.82) is 0 Å². The quantitative estimate of drug-likeness (QED) is 0.834. The summed E-state index contributed by atoms with van der Waals surface area (Å²) in [6.07, 6.45) is 4.83. The first kappa shape index (κ1) is 15.0. The molecule has 0 radical (unpaired) electrons. The Morgan fingerprint density at radius 3 is 2.78 bits per heavy atom. The van der Waals surface area contributed by atoms with Gasteiger partial charge in [-0.3, -0.25) is 9.59 Å². The summed E-state index contributed by atoms with van der Waals surface area (Å²) in [5.41, 5.74) is 0.127. The third kappa shape index (κ3) is 3.47. The van der Waals surface area contributed by atoms with E-state index in [1.165, 1.54) is 6.08 Å². The van der Waals surface area contributed by atoms with E-state index in [0.29, 0.717) is 18.8 Å². The van der Waals surface area contributed by atoms with Crippen molar-refractivity contribution >= 4 is 23.7 Å². The number of aryl methyl sites for hydroxylation is 1. The zero-order valence-electron chi connectivity index (χ0n) is 12.7. The van der Waals surface area contributed by atoms with E-state index >= 15 is 0 Å². The maximum atomic E-state index is 12.3. The number of amides is 2. The van der Waals surface area contributed by atoms with E-state index in [0.717, 1.165) is 18.6 Å². The van der Waals surface area contributed by atoms with Crippen LogP contribution in [0.3, 0.4) is 0 Å². The molecule has 1 aliphatic heterocycles. The number of aromatic amines is 1. The van der Waals surface area contributed by atoms with Gasteiger partial charge in [0.15, 0.2) is 11.5 Å². The third-order valence-electron chi connectivity index (χ3n) is 3.55. The molecule has 0 bridgehead atoms. The normalized spacial score (nSPS) is 14.6. The minimum atomic E-state index is -0.413. The highest BCUT2D eigenvalue weighted by molar-refractivity contribution is 6.05. The van der Waals surface area contributed by atoms with Crippen LogP contribution in [0.2, 0.25) is 0 Å². The van der Waals surface area contributed by atoms with Crippen LogP contribution in [-0.4, -0.2) is 45.2 Å². The standard InChI is InChI=1S/C15H17N5O3/c1-10-4-5-11(23-10)6-7-12(21)16-14-13(17-19-18-14)15(22)20-8-2-3-9-20/h4-7H,2-3,8-9H2,1H3,(H2,16,17,18,19,21)/b7-6+. The summed E-state index contributed by atoms with van der Waals surface area (Å²) < 4.78 is 5.34. The lowest BCUT2D eigenvalue weighted by Gasteiger charge is -2.13. The minimum absolute atomic E-state index is 0.127. The van der Waals surface area contributed by atoms with Crippen molar-refractivity contribution in [1.82, 2.24) is 20.3 Å². The summed E-state index contributed by atoms with van der Waals surface area (Å²) >= 11 is 0. The highest BCUT2D eigenvalue weighted by Crippen LogP contribution is 2.16. The Morgan fingerprint density at radius 2 is 2.09 bits per heavy atom. The fourth-order valence-electron chi connectivity index (χ4n) is 2.40. The molecule has 0 aliphatic carbocycles. The second-order valence-electron chi connectivity index (χ2n) is 5.29. The van der Waals surface area contributed by atoms with Crippen molar-refractivity contribution < 1.29 is 14.0 Å². The van der Waals surface area contributed by atoms with E-state index < -0.39 is 5.91 Å². The molecular weight excluding hydrogens is 298 g/mol. The zero-order chi connectivity index (χ0) is 16.2. The van der Waals surface area contributed by atoms with Crippen LogP contribution in [0.25, 0.3) is 6.08 Å². The van der Waals surface area contributed by atoms with Crippen molar-refractivity contribution in [3.05, 3.63) is 35.4 Å². The van der Waals surface area contributed by atoms with Gasteiger partial charge < -0.3 is 14.6 Å². The van der Waals surface area contributed by atoms with Gasteiger partial charge in [0.1, 0.15) is 11.5 Å². The van der Waals surface area contributed by atoms with Gasteiger partial charge in [-0.15, -0.1) is 10.2 Å². The van der Waals surface area contributed by atoms with Crippen LogP contribution < -0.4 is 5.32 Å². The Morgan fingerprint density at radius 1 is 1.30 bits per heavy atom. The van der Waals surface area contributed by atoms with Crippen molar-refractivity contribution in [3.63, 3.8) is 0 Å². The number of hydrogen-bond acceptors (Lipinski definition) is 5. The highest BCUT2D eigenvalue weighted by atomic mass is 16.3. The summed E-state index contributed by atoms with van der Waals surface area (Å²) in [4.78, 5) is 26.0. The van der Waals surface area contributed by atoms with Crippen LogP contribution in [-0.2, 0) is 4.79 Å². The summed E-state index contributed by atoms with van der Waals surface area (Å²) in [7, 11) is 0. The number of nitrogens with one attached hydrogen (secondary N) is 2. The average Bonchev–Trinajstić information content (AvgIpc) is 3.26. The van der Waals surface area contributed by atoms with Crippen LogP contribution in [0.4, 0.5) is 5.82 Å². The van der Waals surface area contributed by atoms with E-state index in [4.69, 9.17) is 4.42 Å². The number of hydrogen-bond donors (Lipinski definition) is 2. The minimum Gasteiger partial charge on any atom is -0.462 e. The molecule has 1 fully saturated rings. The molecule has 1 aliphatic rings. The van der Waals surface area contributed by atoms with Gasteiger partial charge in [-0.25, -0.2) is 0 Å². The summed E-state index contributed by atoms with van der Waals surface area (Å²) in [5.74, 6) is 0.832. The second-order valence-corrected chi connectivity index (χ2v) is 5.29. The number of anilines is 1. The van der Waals surface area contributed by atoms with Crippen molar-refractivity contribution in [2.24, 2.45) is 0 Å². The van der Waals surface area contributed by atoms with Crippen LogP contribution in [0.1, 0.15) is 34.9 Å². The predicted octanol–water partition coefficient (Wildman–Crippen LogP) is 1.59.